The molecule has 0 bridgehead atoms. The van der Waals surface area contributed by atoms with Crippen molar-refractivity contribution in [2.24, 2.45) is 11.3 Å². The van der Waals surface area contributed by atoms with Gasteiger partial charge in [0.2, 0.25) is 0 Å². The molecule has 21 heavy (non-hydrogen) atoms. The highest BCUT2D eigenvalue weighted by Crippen LogP contribution is 2.42. The molecule has 1 rings (SSSR count). The van der Waals surface area contributed by atoms with Crippen LogP contribution in [0.2, 0.25) is 0 Å². The van der Waals surface area contributed by atoms with E-state index in [2.05, 4.69) is 24.5 Å². The SMILES string of the molecule is CCC[C@H](NC(=O)NCC1(CC(C)C)CCCC1)C(=O)O. The predicted octanol–water partition coefficient (Wildman–Crippen LogP) is 3.15. The van der Waals surface area contributed by atoms with Gasteiger partial charge in [-0.1, -0.05) is 40.0 Å². The number of aliphatic carboxylic acids is 1. The second kappa shape index (κ2) is 8.25. The summed E-state index contributed by atoms with van der Waals surface area (Å²) in [7, 11) is 0. The number of amides is 2. The summed E-state index contributed by atoms with van der Waals surface area (Å²) in [5.41, 5.74) is 0.203. The van der Waals surface area contributed by atoms with Crippen LogP contribution in [-0.4, -0.2) is 29.7 Å². The quantitative estimate of drug-likeness (QED) is 0.644. The van der Waals surface area contributed by atoms with Gasteiger partial charge < -0.3 is 15.7 Å². The molecule has 0 radical (unpaired) electrons. The molecule has 0 aromatic rings. The lowest BCUT2D eigenvalue weighted by Gasteiger charge is -2.31. The Bertz CT molecular complexity index is 349. The summed E-state index contributed by atoms with van der Waals surface area (Å²) < 4.78 is 0. The van der Waals surface area contributed by atoms with Crippen molar-refractivity contribution >= 4 is 12.0 Å². The van der Waals surface area contributed by atoms with E-state index in [1.54, 1.807) is 0 Å². The average molecular weight is 298 g/mol. The van der Waals surface area contributed by atoms with Crippen LogP contribution >= 0.6 is 0 Å². The van der Waals surface area contributed by atoms with E-state index in [0.717, 1.165) is 25.7 Å². The lowest BCUT2D eigenvalue weighted by molar-refractivity contribution is -0.139. The molecular formula is C16H30N2O3. The third-order valence-corrected chi connectivity index (χ3v) is 4.31. The van der Waals surface area contributed by atoms with Crippen LogP contribution in [0.25, 0.3) is 0 Å². The molecule has 1 fully saturated rings. The summed E-state index contributed by atoms with van der Waals surface area (Å²) in [6.07, 6.45) is 7.07. The fourth-order valence-electron chi connectivity index (χ4n) is 3.47. The van der Waals surface area contributed by atoms with Crippen LogP contribution in [0.1, 0.15) is 65.7 Å². The summed E-state index contributed by atoms with van der Waals surface area (Å²) in [4.78, 5) is 23.0. The van der Waals surface area contributed by atoms with E-state index in [4.69, 9.17) is 5.11 Å². The van der Waals surface area contributed by atoms with Crippen molar-refractivity contribution in [2.75, 3.05) is 6.54 Å². The standard InChI is InChI=1S/C16H30N2O3/c1-4-7-13(14(19)20)18-15(21)17-11-16(10-12(2)3)8-5-6-9-16/h12-13H,4-11H2,1-3H3,(H,19,20)(H2,17,18,21)/t13-/m0/s1. The molecule has 0 spiro atoms. The second-order valence-electron chi connectivity index (χ2n) is 6.81. The number of hydrogen-bond acceptors (Lipinski definition) is 2. The molecule has 0 aromatic carbocycles. The molecule has 0 unspecified atom stereocenters. The van der Waals surface area contributed by atoms with Crippen molar-refractivity contribution in [2.45, 2.75) is 71.8 Å². The maximum absolute atomic E-state index is 11.9. The van der Waals surface area contributed by atoms with E-state index in [0.29, 0.717) is 18.9 Å². The van der Waals surface area contributed by atoms with E-state index in [9.17, 15) is 9.59 Å². The highest BCUT2D eigenvalue weighted by Gasteiger charge is 2.34. The van der Waals surface area contributed by atoms with Gasteiger partial charge in [0.25, 0.3) is 0 Å². The Kier molecular flexibility index (Phi) is 6.99. The molecule has 1 aliphatic rings. The van der Waals surface area contributed by atoms with Crippen molar-refractivity contribution in [1.29, 1.82) is 0 Å². The summed E-state index contributed by atoms with van der Waals surface area (Å²) in [5.74, 6) is -0.357. The lowest BCUT2D eigenvalue weighted by atomic mass is 9.78. The lowest BCUT2D eigenvalue weighted by Crippen LogP contribution is -2.48. The van der Waals surface area contributed by atoms with E-state index in [-0.39, 0.29) is 11.4 Å². The number of carbonyl (C=O) groups excluding carboxylic acids is 1. The van der Waals surface area contributed by atoms with Gasteiger partial charge in [-0.15, -0.1) is 0 Å². The number of hydrogen-bond donors (Lipinski definition) is 3. The Labute approximate surface area is 127 Å². The molecule has 0 saturated heterocycles. The smallest absolute Gasteiger partial charge is 0.326 e. The Morgan fingerprint density at radius 3 is 2.33 bits per heavy atom. The molecule has 0 heterocycles. The van der Waals surface area contributed by atoms with Crippen LogP contribution in [0.15, 0.2) is 0 Å². The maximum Gasteiger partial charge on any atom is 0.326 e. The van der Waals surface area contributed by atoms with Gasteiger partial charge in [-0.3, -0.25) is 0 Å². The van der Waals surface area contributed by atoms with Crippen LogP contribution in [0.4, 0.5) is 4.79 Å². The summed E-state index contributed by atoms with van der Waals surface area (Å²) in [5, 5.41) is 14.5. The zero-order valence-electron chi connectivity index (χ0n) is 13.6. The fraction of sp³-hybridized carbons (Fsp3) is 0.875. The molecule has 3 N–H and O–H groups in total. The van der Waals surface area contributed by atoms with Gasteiger partial charge in [0.05, 0.1) is 0 Å². The highest BCUT2D eigenvalue weighted by atomic mass is 16.4. The maximum atomic E-state index is 11.9. The number of carbonyl (C=O) groups is 2. The van der Waals surface area contributed by atoms with Crippen molar-refractivity contribution in [3.63, 3.8) is 0 Å². The summed E-state index contributed by atoms with van der Waals surface area (Å²) >= 11 is 0. The number of carboxylic acids is 1. The summed E-state index contributed by atoms with van der Waals surface area (Å²) in [6, 6.07) is -1.15. The second-order valence-corrected chi connectivity index (χ2v) is 6.81. The first-order chi connectivity index (χ1) is 9.88. The Hall–Kier alpha value is -1.26. The average Bonchev–Trinajstić information content (AvgIpc) is 2.84. The van der Waals surface area contributed by atoms with Crippen molar-refractivity contribution in [3.05, 3.63) is 0 Å². The normalized spacial score (nSPS) is 18.5. The van der Waals surface area contributed by atoms with Gasteiger partial charge in [-0.25, -0.2) is 9.59 Å². The van der Waals surface area contributed by atoms with E-state index >= 15 is 0 Å². The number of rotatable bonds is 8. The van der Waals surface area contributed by atoms with Crippen molar-refractivity contribution < 1.29 is 14.7 Å². The van der Waals surface area contributed by atoms with Gasteiger partial charge >= 0.3 is 12.0 Å². The van der Waals surface area contributed by atoms with Crippen LogP contribution in [-0.2, 0) is 4.79 Å². The van der Waals surface area contributed by atoms with Crippen LogP contribution in [0.3, 0.4) is 0 Å². The minimum Gasteiger partial charge on any atom is -0.480 e. The highest BCUT2D eigenvalue weighted by molar-refractivity contribution is 5.82. The first-order valence-electron chi connectivity index (χ1n) is 8.16. The Morgan fingerprint density at radius 2 is 1.86 bits per heavy atom. The molecule has 0 aromatic heterocycles. The molecule has 0 aliphatic heterocycles. The molecule has 1 atom stereocenters. The molecule has 5 nitrogen and oxygen atoms in total. The van der Waals surface area contributed by atoms with Gasteiger partial charge in [-0.2, -0.15) is 0 Å². The van der Waals surface area contributed by atoms with Gasteiger partial charge in [0, 0.05) is 6.54 Å². The molecule has 1 saturated carbocycles. The van der Waals surface area contributed by atoms with Gasteiger partial charge in [0.1, 0.15) is 6.04 Å². The molecule has 5 heteroatoms. The molecular weight excluding hydrogens is 268 g/mol. The number of nitrogens with one attached hydrogen (secondary N) is 2. The van der Waals surface area contributed by atoms with E-state index in [1.165, 1.54) is 12.8 Å². The zero-order valence-corrected chi connectivity index (χ0v) is 13.6. The van der Waals surface area contributed by atoms with Crippen molar-refractivity contribution in [1.82, 2.24) is 10.6 Å². The fourth-order valence-corrected chi connectivity index (χ4v) is 3.47. The Balaban J connectivity index is 2.48. The third kappa shape index (κ3) is 5.94. The van der Waals surface area contributed by atoms with Gasteiger partial charge in [-0.05, 0) is 37.0 Å². The minimum atomic E-state index is -0.968. The topological polar surface area (TPSA) is 78.4 Å². The van der Waals surface area contributed by atoms with Crippen LogP contribution in [0.5, 0.6) is 0 Å². The van der Waals surface area contributed by atoms with E-state index < -0.39 is 12.0 Å². The Morgan fingerprint density at radius 1 is 1.24 bits per heavy atom. The molecule has 122 valence electrons. The first kappa shape index (κ1) is 17.8. The van der Waals surface area contributed by atoms with Gasteiger partial charge in [0.15, 0.2) is 0 Å². The first-order valence-corrected chi connectivity index (χ1v) is 8.16. The van der Waals surface area contributed by atoms with E-state index in [1.807, 2.05) is 6.92 Å². The largest absolute Gasteiger partial charge is 0.480 e. The predicted molar refractivity (Wildman–Crippen MR) is 83.2 cm³/mol. The third-order valence-electron chi connectivity index (χ3n) is 4.31. The molecule has 2 amide bonds. The summed E-state index contributed by atoms with van der Waals surface area (Å²) in [6.45, 7) is 6.98. The number of carboxylic acid groups (broad SMARTS) is 1. The molecule has 1 aliphatic carbocycles. The zero-order chi connectivity index (χ0) is 15.9. The van der Waals surface area contributed by atoms with Crippen molar-refractivity contribution in [3.8, 4) is 0 Å². The number of urea groups is 1. The minimum absolute atomic E-state index is 0.203. The van der Waals surface area contributed by atoms with Crippen LogP contribution in [0, 0.1) is 11.3 Å². The monoisotopic (exact) mass is 298 g/mol. The van der Waals surface area contributed by atoms with Crippen LogP contribution < -0.4 is 10.6 Å².